The number of pyridine rings is 1. The van der Waals surface area contributed by atoms with E-state index in [1.165, 1.54) is 10.9 Å². The van der Waals surface area contributed by atoms with Gasteiger partial charge in [-0.1, -0.05) is 18.2 Å². The molecule has 0 spiro atoms. The molecule has 1 fully saturated rings. The fourth-order valence-corrected chi connectivity index (χ4v) is 2.03. The average molecular weight is 198 g/mol. The van der Waals surface area contributed by atoms with Crippen molar-refractivity contribution in [2.75, 3.05) is 0 Å². The summed E-state index contributed by atoms with van der Waals surface area (Å²) in [6, 6.07) is 10.4. The van der Waals surface area contributed by atoms with Crippen molar-refractivity contribution in [3.8, 4) is 0 Å². The second kappa shape index (κ2) is 3.04. The number of para-hydroxylation sites is 1. The molecule has 1 heterocycles. The van der Waals surface area contributed by atoms with Crippen LogP contribution in [-0.2, 0) is 6.42 Å². The van der Waals surface area contributed by atoms with E-state index in [4.69, 9.17) is 5.73 Å². The van der Waals surface area contributed by atoms with Gasteiger partial charge in [-0.25, -0.2) is 0 Å². The first-order valence-electron chi connectivity index (χ1n) is 5.38. The molecule has 0 saturated heterocycles. The zero-order chi connectivity index (χ0) is 10.3. The normalized spacial score (nSPS) is 17.9. The fourth-order valence-electron chi connectivity index (χ4n) is 2.03. The molecule has 1 aliphatic rings. The highest BCUT2D eigenvalue weighted by Crippen LogP contribution is 2.36. The van der Waals surface area contributed by atoms with Crippen LogP contribution in [-0.4, -0.2) is 10.5 Å². The molecule has 0 atom stereocenters. The van der Waals surface area contributed by atoms with Crippen molar-refractivity contribution in [1.82, 2.24) is 4.98 Å². The van der Waals surface area contributed by atoms with Crippen LogP contribution >= 0.6 is 0 Å². The van der Waals surface area contributed by atoms with E-state index in [9.17, 15) is 0 Å². The largest absolute Gasteiger partial charge is 0.325 e. The molecule has 0 radical (unpaired) electrons. The second-order valence-corrected chi connectivity index (χ2v) is 4.53. The van der Waals surface area contributed by atoms with Gasteiger partial charge in [-0.2, -0.15) is 0 Å². The van der Waals surface area contributed by atoms with Gasteiger partial charge in [0.25, 0.3) is 0 Å². The van der Waals surface area contributed by atoms with Gasteiger partial charge >= 0.3 is 0 Å². The number of fused-ring (bicyclic) bond motifs is 1. The minimum atomic E-state index is 0.0735. The zero-order valence-electron chi connectivity index (χ0n) is 8.61. The zero-order valence-corrected chi connectivity index (χ0v) is 8.61. The number of aromatic nitrogens is 1. The number of nitrogens with two attached hydrogens (primary N) is 1. The quantitative estimate of drug-likeness (QED) is 0.804. The Balaban J connectivity index is 2.09. The number of hydrogen-bond donors (Lipinski definition) is 1. The maximum absolute atomic E-state index is 6.15. The third-order valence-corrected chi connectivity index (χ3v) is 3.17. The lowest BCUT2D eigenvalue weighted by atomic mass is 10.0. The lowest BCUT2D eigenvalue weighted by Gasteiger charge is -2.10. The van der Waals surface area contributed by atoms with Crippen molar-refractivity contribution in [2.45, 2.75) is 24.8 Å². The topological polar surface area (TPSA) is 38.9 Å². The first-order valence-corrected chi connectivity index (χ1v) is 5.38. The Morgan fingerprint density at radius 3 is 2.80 bits per heavy atom. The van der Waals surface area contributed by atoms with Crippen molar-refractivity contribution in [3.63, 3.8) is 0 Å². The summed E-state index contributed by atoms with van der Waals surface area (Å²) < 4.78 is 0. The Bertz CT molecular complexity index is 495. The van der Waals surface area contributed by atoms with E-state index in [2.05, 4.69) is 29.2 Å². The smallest absolute Gasteiger partial charge is 0.0704 e. The molecule has 1 saturated carbocycles. The fraction of sp³-hybridized carbons (Fsp3) is 0.308. The number of hydrogen-bond acceptors (Lipinski definition) is 2. The number of nitrogens with zero attached hydrogens (tertiary/aromatic N) is 1. The molecule has 1 aliphatic carbocycles. The molecule has 1 aromatic carbocycles. The summed E-state index contributed by atoms with van der Waals surface area (Å²) in [5.41, 5.74) is 8.63. The van der Waals surface area contributed by atoms with Gasteiger partial charge in [-0.05, 0) is 37.0 Å². The molecular formula is C13H14N2. The molecule has 3 rings (SSSR count). The molecule has 0 amide bonds. The van der Waals surface area contributed by atoms with E-state index in [-0.39, 0.29) is 5.54 Å². The van der Waals surface area contributed by atoms with Gasteiger partial charge < -0.3 is 5.73 Å². The van der Waals surface area contributed by atoms with Crippen LogP contribution in [0.2, 0.25) is 0 Å². The van der Waals surface area contributed by atoms with Gasteiger partial charge in [-0.3, -0.25) is 4.98 Å². The number of benzene rings is 1. The Kier molecular flexibility index (Phi) is 1.80. The summed E-state index contributed by atoms with van der Waals surface area (Å²) in [6.07, 6.45) is 5.17. The second-order valence-electron chi connectivity index (χ2n) is 4.53. The van der Waals surface area contributed by atoms with Crippen LogP contribution in [0.15, 0.2) is 36.5 Å². The maximum Gasteiger partial charge on any atom is 0.0704 e. The summed E-state index contributed by atoms with van der Waals surface area (Å²) in [7, 11) is 0. The van der Waals surface area contributed by atoms with Crippen LogP contribution in [0.1, 0.15) is 18.4 Å². The Labute approximate surface area is 89.1 Å². The highest BCUT2D eigenvalue weighted by molar-refractivity contribution is 5.82. The Morgan fingerprint density at radius 1 is 1.20 bits per heavy atom. The van der Waals surface area contributed by atoms with Crippen molar-refractivity contribution in [2.24, 2.45) is 5.73 Å². The van der Waals surface area contributed by atoms with E-state index >= 15 is 0 Å². The molecule has 15 heavy (non-hydrogen) atoms. The molecule has 0 bridgehead atoms. The first-order chi connectivity index (χ1) is 7.27. The van der Waals surface area contributed by atoms with Gasteiger partial charge in [0.15, 0.2) is 0 Å². The van der Waals surface area contributed by atoms with E-state index in [0.717, 1.165) is 24.8 Å². The Hall–Kier alpha value is -1.41. The monoisotopic (exact) mass is 198 g/mol. The third kappa shape index (κ3) is 1.61. The summed E-state index contributed by atoms with van der Waals surface area (Å²) in [4.78, 5) is 4.35. The molecule has 0 aliphatic heterocycles. The molecular weight excluding hydrogens is 184 g/mol. The molecule has 0 unspecified atom stereocenters. The van der Waals surface area contributed by atoms with Crippen LogP contribution in [0.3, 0.4) is 0 Å². The average Bonchev–Trinajstić information content (AvgIpc) is 2.97. The Morgan fingerprint density at radius 2 is 2.00 bits per heavy atom. The van der Waals surface area contributed by atoms with Crippen LogP contribution in [0.5, 0.6) is 0 Å². The number of rotatable bonds is 2. The minimum Gasteiger partial charge on any atom is -0.325 e. The minimum absolute atomic E-state index is 0.0735. The molecule has 2 N–H and O–H groups in total. The van der Waals surface area contributed by atoms with E-state index < -0.39 is 0 Å². The summed E-state index contributed by atoms with van der Waals surface area (Å²) in [5, 5.41) is 1.25. The lowest BCUT2D eigenvalue weighted by molar-refractivity contribution is 0.675. The lowest BCUT2D eigenvalue weighted by Crippen LogP contribution is -2.24. The van der Waals surface area contributed by atoms with Gasteiger partial charge in [0, 0.05) is 17.1 Å². The van der Waals surface area contributed by atoms with Crippen LogP contribution < -0.4 is 5.73 Å². The highest BCUT2D eigenvalue weighted by Gasteiger charge is 2.38. The van der Waals surface area contributed by atoms with Crippen molar-refractivity contribution >= 4 is 10.9 Å². The molecule has 1 aromatic heterocycles. The summed E-state index contributed by atoms with van der Waals surface area (Å²) in [5.74, 6) is 0. The summed E-state index contributed by atoms with van der Waals surface area (Å²) >= 11 is 0. The molecule has 76 valence electrons. The SMILES string of the molecule is NC1(Cc2ccnc3ccccc23)CC1. The molecule has 2 heteroatoms. The highest BCUT2D eigenvalue weighted by atomic mass is 14.8. The standard InChI is InChI=1S/C13H14N2/c14-13(6-7-13)9-10-5-8-15-12-4-2-1-3-11(10)12/h1-5,8H,6-7,9,14H2. The van der Waals surface area contributed by atoms with E-state index in [0.29, 0.717) is 0 Å². The van der Waals surface area contributed by atoms with Crippen LogP contribution in [0.25, 0.3) is 10.9 Å². The van der Waals surface area contributed by atoms with Gasteiger partial charge in [-0.15, -0.1) is 0 Å². The predicted octanol–water partition coefficient (Wildman–Crippen LogP) is 2.27. The van der Waals surface area contributed by atoms with Crippen molar-refractivity contribution in [3.05, 3.63) is 42.1 Å². The third-order valence-electron chi connectivity index (χ3n) is 3.17. The van der Waals surface area contributed by atoms with Crippen LogP contribution in [0.4, 0.5) is 0 Å². The van der Waals surface area contributed by atoms with E-state index in [1.54, 1.807) is 0 Å². The predicted molar refractivity (Wildman–Crippen MR) is 61.6 cm³/mol. The maximum atomic E-state index is 6.15. The van der Waals surface area contributed by atoms with Crippen molar-refractivity contribution in [1.29, 1.82) is 0 Å². The molecule has 2 nitrogen and oxygen atoms in total. The van der Waals surface area contributed by atoms with Crippen molar-refractivity contribution < 1.29 is 0 Å². The molecule has 2 aromatic rings. The van der Waals surface area contributed by atoms with Gasteiger partial charge in [0.1, 0.15) is 0 Å². The summed E-state index contributed by atoms with van der Waals surface area (Å²) in [6.45, 7) is 0. The van der Waals surface area contributed by atoms with E-state index in [1.807, 2.05) is 12.3 Å². The van der Waals surface area contributed by atoms with Crippen LogP contribution in [0, 0.1) is 0 Å². The van der Waals surface area contributed by atoms with Gasteiger partial charge in [0.2, 0.25) is 0 Å². The van der Waals surface area contributed by atoms with Gasteiger partial charge in [0.05, 0.1) is 5.52 Å². The first kappa shape index (κ1) is 8.86.